The van der Waals surface area contributed by atoms with Crippen molar-refractivity contribution in [3.05, 3.63) is 52.0 Å². The van der Waals surface area contributed by atoms with E-state index in [1.54, 1.807) is 31.2 Å². The van der Waals surface area contributed by atoms with Gasteiger partial charge in [0.1, 0.15) is 24.1 Å². The Labute approximate surface area is 228 Å². The number of amides is 2. The van der Waals surface area contributed by atoms with E-state index in [2.05, 4.69) is 5.32 Å². The first-order chi connectivity index (χ1) is 17.1. The molecule has 0 bridgehead atoms. The predicted molar refractivity (Wildman–Crippen MR) is 146 cm³/mol. The quantitative estimate of drug-likeness (QED) is 0.458. The summed E-state index contributed by atoms with van der Waals surface area (Å²) in [5, 5.41) is 3.58. The fourth-order valence-electron chi connectivity index (χ4n) is 3.48. The summed E-state index contributed by atoms with van der Waals surface area (Å²) < 4.78 is 37.2. The van der Waals surface area contributed by atoms with Crippen LogP contribution in [0.1, 0.15) is 33.3 Å². The second kappa shape index (κ2) is 12.2. The maximum atomic E-state index is 13.7. The van der Waals surface area contributed by atoms with Gasteiger partial charge in [-0.3, -0.25) is 13.9 Å². The molecule has 0 radical (unpaired) electrons. The van der Waals surface area contributed by atoms with Gasteiger partial charge in [0, 0.05) is 28.2 Å². The molecule has 1 atom stereocenters. The molecule has 0 saturated heterocycles. The van der Waals surface area contributed by atoms with Crippen molar-refractivity contribution in [2.24, 2.45) is 0 Å². The molecule has 0 aliphatic carbocycles. The number of sulfonamides is 1. The van der Waals surface area contributed by atoms with Gasteiger partial charge in [-0.2, -0.15) is 0 Å². The zero-order valence-corrected chi connectivity index (χ0v) is 24.3. The zero-order chi connectivity index (χ0) is 28.1. The number of carbonyl (C=O) groups excluding carboxylic acids is 2. The van der Waals surface area contributed by atoms with Gasteiger partial charge in [0.25, 0.3) is 0 Å². The van der Waals surface area contributed by atoms with E-state index in [1.807, 2.05) is 20.8 Å². The molecule has 0 aromatic heterocycles. The van der Waals surface area contributed by atoms with E-state index >= 15 is 0 Å². The third kappa shape index (κ3) is 8.41. The summed E-state index contributed by atoms with van der Waals surface area (Å²) in [7, 11) is -1.13. The number of ether oxygens (including phenoxy) is 2. The monoisotopic (exact) mass is 573 g/mol. The van der Waals surface area contributed by atoms with Crippen LogP contribution in [0.3, 0.4) is 0 Å². The van der Waals surface area contributed by atoms with Gasteiger partial charge in [0.2, 0.25) is 21.8 Å². The average Bonchev–Trinajstić information content (AvgIpc) is 2.79. The highest BCUT2D eigenvalue weighted by Gasteiger charge is 2.32. The highest BCUT2D eigenvalue weighted by atomic mass is 35.5. The van der Waals surface area contributed by atoms with Crippen molar-refractivity contribution in [3.8, 4) is 11.5 Å². The molecule has 0 fully saturated rings. The number of benzene rings is 2. The fourth-order valence-corrected chi connectivity index (χ4v) is 4.79. The van der Waals surface area contributed by atoms with Crippen LogP contribution in [0.4, 0.5) is 5.69 Å². The lowest BCUT2D eigenvalue weighted by Crippen LogP contribution is -2.54. The van der Waals surface area contributed by atoms with E-state index < -0.39 is 40.0 Å². The standard InChI is InChI=1S/C25H33Cl2N3O6S/c1-16(24(32)28-25(2,3)4)29(14-17-8-9-18(26)12-20(17)27)23(31)15-30(37(7,33)34)21-13-19(35-5)10-11-22(21)36-6/h8-13,16H,14-15H2,1-7H3,(H,28,32)/t16-/m1/s1. The molecule has 0 unspecified atom stereocenters. The van der Waals surface area contributed by atoms with Crippen LogP contribution in [-0.4, -0.2) is 63.7 Å². The molecular weight excluding hydrogens is 541 g/mol. The lowest BCUT2D eigenvalue weighted by molar-refractivity contribution is -0.140. The van der Waals surface area contributed by atoms with Gasteiger partial charge < -0.3 is 19.7 Å². The Hall–Kier alpha value is -2.69. The van der Waals surface area contributed by atoms with Crippen LogP contribution in [0, 0.1) is 0 Å². The number of rotatable bonds is 10. The molecular formula is C25H33Cl2N3O6S. The minimum atomic E-state index is -3.96. The summed E-state index contributed by atoms with van der Waals surface area (Å²) >= 11 is 12.4. The van der Waals surface area contributed by atoms with Gasteiger partial charge in [-0.25, -0.2) is 8.42 Å². The average molecular weight is 575 g/mol. The van der Waals surface area contributed by atoms with Crippen molar-refractivity contribution in [2.45, 2.75) is 45.8 Å². The molecule has 0 saturated carbocycles. The molecule has 9 nitrogen and oxygen atoms in total. The normalized spacial score (nSPS) is 12.5. The van der Waals surface area contributed by atoms with E-state index in [-0.39, 0.29) is 18.0 Å². The van der Waals surface area contributed by atoms with Crippen LogP contribution in [0.25, 0.3) is 0 Å². The molecule has 0 spiro atoms. The Morgan fingerprint density at radius 1 is 1.05 bits per heavy atom. The van der Waals surface area contributed by atoms with Gasteiger partial charge in [-0.15, -0.1) is 0 Å². The number of hydrogen-bond acceptors (Lipinski definition) is 6. The van der Waals surface area contributed by atoms with Crippen LogP contribution in [-0.2, 0) is 26.2 Å². The van der Waals surface area contributed by atoms with Gasteiger partial charge >= 0.3 is 0 Å². The minimum absolute atomic E-state index is 0.0551. The summed E-state index contributed by atoms with van der Waals surface area (Å²) in [5.41, 5.74) is 0.110. The maximum Gasteiger partial charge on any atom is 0.244 e. The number of nitrogens with zero attached hydrogens (tertiary/aromatic N) is 2. The Bertz CT molecular complexity index is 1250. The number of carbonyl (C=O) groups is 2. The molecule has 2 amide bonds. The molecule has 0 heterocycles. The van der Waals surface area contributed by atoms with E-state index in [1.165, 1.54) is 31.3 Å². The SMILES string of the molecule is COc1ccc(OC)c(N(CC(=O)N(Cc2ccc(Cl)cc2Cl)[C@H](C)C(=O)NC(C)(C)C)S(C)(=O)=O)c1. The minimum Gasteiger partial charge on any atom is -0.497 e. The number of hydrogen-bond donors (Lipinski definition) is 1. The zero-order valence-electron chi connectivity index (χ0n) is 22.0. The second-order valence-corrected chi connectivity index (χ2v) is 12.2. The summed E-state index contributed by atoms with van der Waals surface area (Å²) in [6.07, 6.45) is 0.981. The summed E-state index contributed by atoms with van der Waals surface area (Å²) in [6, 6.07) is 8.47. The van der Waals surface area contributed by atoms with Crippen molar-refractivity contribution < 1.29 is 27.5 Å². The van der Waals surface area contributed by atoms with E-state index in [0.29, 0.717) is 21.4 Å². The highest BCUT2D eigenvalue weighted by Crippen LogP contribution is 2.34. The summed E-state index contributed by atoms with van der Waals surface area (Å²) in [5.74, 6) is -0.432. The fraction of sp³-hybridized carbons (Fsp3) is 0.440. The lowest BCUT2D eigenvalue weighted by atomic mass is 10.1. The molecule has 0 aliphatic heterocycles. The molecule has 0 aliphatic rings. The Balaban J connectivity index is 2.53. The Morgan fingerprint density at radius 2 is 1.70 bits per heavy atom. The summed E-state index contributed by atoms with van der Waals surface area (Å²) in [4.78, 5) is 28.0. The second-order valence-electron chi connectivity index (χ2n) is 9.48. The molecule has 2 aromatic rings. The summed E-state index contributed by atoms with van der Waals surface area (Å²) in [6.45, 7) is 6.38. The van der Waals surface area contributed by atoms with Gasteiger partial charge in [0.15, 0.2) is 0 Å². The molecule has 204 valence electrons. The first-order valence-electron chi connectivity index (χ1n) is 11.3. The van der Waals surface area contributed by atoms with E-state index in [0.717, 1.165) is 10.6 Å². The molecule has 2 aromatic carbocycles. The van der Waals surface area contributed by atoms with Crippen molar-refractivity contribution in [1.29, 1.82) is 0 Å². The lowest BCUT2D eigenvalue weighted by Gasteiger charge is -2.33. The first kappa shape index (κ1) is 30.5. The van der Waals surface area contributed by atoms with Crippen LogP contribution in [0.15, 0.2) is 36.4 Å². The van der Waals surface area contributed by atoms with Crippen molar-refractivity contribution >= 4 is 50.7 Å². The molecule has 1 N–H and O–H groups in total. The largest absolute Gasteiger partial charge is 0.497 e. The smallest absolute Gasteiger partial charge is 0.244 e. The van der Waals surface area contributed by atoms with Crippen LogP contribution >= 0.6 is 23.2 Å². The predicted octanol–water partition coefficient (Wildman–Crippen LogP) is 4.11. The van der Waals surface area contributed by atoms with Gasteiger partial charge in [0.05, 0.1) is 26.2 Å². The van der Waals surface area contributed by atoms with Crippen molar-refractivity contribution in [2.75, 3.05) is 31.3 Å². The van der Waals surface area contributed by atoms with E-state index in [4.69, 9.17) is 32.7 Å². The Morgan fingerprint density at radius 3 is 2.22 bits per heavy atom. The highest BCUT2D eigenvalue weighted by molar-refractivity contribution is 7.92. The molecule has 2 rings (SSSR count). The van der Waals surface area contributed by atoms with Crippen molar-refractivity contribution in [3.63, 3.8) is 0 Å². The van der Waals surface area contributed by atoms with Gasteiger partial charge in [-0.05, 0) is 57.5 Å². The number of anilines is 1. The van der Waals surface area contributed by atoms with Crippen molar-refractivity contribution in [1.82, 2.24) is 10.2 Å². The number of methoxy groups -OCH3 is 2. The van der Waals surface area contributed by atoms with Gasteiger partial charge in [-0.1, -0.05) is 29.3 Å². The number of nitrogens with one attached hydrogen (secondary N) is 1. The van der Waals surface area contributed by atoms with Crippen LogP contribution in [0.5, 0.6) is 11.5 Å². The maximum absolute atomic E-state index is 13.7. The molecule has 12 heteroatoms. The molecule has 37 heavy (non-hydrogen) atoms. The third-order valence-corrected chi connectivity index (χ3v) is 7.07. The van der Waals surface area contributed by atoms with Crippen LogP contribution in [0.2, 0.25) is 10.0 Å². The number of halogens is 2. The Kier molecular flexibility index (Phi) is 10.1. The van der Waals surface area contributed by atoms with Crippen LogP contribution < -0.4 is 19.1 Å². The first-order valence-corrected chi connectivity index (χ1v) is 13.9. The topological polar surface area (TPSA) is 105 Å². The third-order valence-electron chi connectivity index (χ3n) is 5.36. The van der Waals surface area contributed by atoms with E-state index in [9.17, 15) is 18.0 Å².